The number of aryl methyl sites for hydroxylation is 1. The van der Waals surface area contributed by atoms with Crippen molar-refractivity contribution < 1.29 is 9.59 Å². The lowest BCUT2D eigenvalue weighted by molar-refractivity contribution is -0.120. The number of nitrogens with zero attached hydrogens (tertiary/aromatic N) is 1. The fraction of sp³-hybridized carbons (Fsp3) is 0.0588. The van der Waals surface area contributed by atoms with E-state index in [-0.39, 0.29) is 21.4 Å². The third-order valence-corrected chi connectivity index (χ3v) is 4.39. The van der Waals surface area contributed by atoms with Gasteiger partial charge in [-0.1, -0.05) is 52.5 Å². The molecule has 1 heterocycles. The molecule has 0 atom stereocenters. The van der Waals surface area contributed by atoms with Gasteiger partial charge in [0.25, 0.3) is 11.8 Å². The summed E-state index contributed by atoms with van der Waals surface area (Å²) >= 11 is 18.0. The molecule has 1 aliphatic heterocycles. The fourth-order valence-electron chi connectivity index (χ4n) is 2.27. The SMILES string of the molecule is Cc1ccc(NC2=C(Cl)C(=O)N(c3ccc(Cl)cc3Cl)C2=O)cc1. The summed E-state index contributed by atoms with van der Waals surface area (Å²) in [5, 5.41) is 3.29. The van der Waals surface area contributed by atoms with Crippen LogP contribution in [0.1, 0.15) is 5.56 Å². The van der Waals surface area contributed by atoms with E-state index in [9.17, 15) is 9.59 Å². The zero-order valence-electron chi connectivity index (χ0n) is 12.4. The van der Waals surface area contributed by atoms with Crippen LogP contribution in [0.4, 0.5) is 11.4 Å². The van der Waals surface area contributed by atoms with E-state index in [4.69, 9.17) is 34.8 Å². The number of imide groups is 1. The van der Waals surface area contributed by atoms with E-state index < -0.39 is 11.8 Å². The van der Waals surface area contributed by atoms with E-state index in [1.807, 2.05) is 19.1 Å². The molecule has 1 N–H and O–H groups in total. The second-order valence-corrected chi connectivity index (χ2v) is 6.44. The number of hydrogen-bond donors (Lipinski definition) is 1. The Morgan fingerprint density at radius 1 is 0.917 bits per heavy atom. The first-order valence-corrected chi connectivity index (χ1v) is 8.09. The molecule has 0 unspecified atom stereocenters. The minimum absolute atomic E-state index is 0.0107. The quantitative estimate of drug-likeness (QED) is 0.781. The molecule has 1 aliphatic rings. The second kappa shape index (κ2) is 6.48. The summed E-state index contributed by atoms with van der Waals surface area (Å²) in [6.45, 7) is 1.95. The van der Waals surface area contributed by atoms with Gasteiger partial charge in [-0.3, -0.25) is 9.59 Å². The van der Waals surface area contributed by atoms with Gasteiger partial charge in [-0.05, 0) is 37.3 Å². The Kier molecular flexibility index (Phi) is 4.54. The first-order chi connectivity index (χ1) is 11.4. The maximum atomic E-state index is 12.6. The van der Waals surface area contributed by atoms with Gasteiger partial charge in [-0.15, -0.1) is 0 Å². The summed E-state index contributed by atoms with van der Waals surface area (Å²) in [5.41, 5.74) is 1.97. The highest BCUT2D eigenvalue weighted by Gasteiger charge is 2.39. The first-order valence-electron chi connectivity index (χ1n) is 6.96. The van der Waals surface area contributed by atoms with Crippen molar-refractivity contribution in [1.82, 2.24) is 0 Å². The number of rotatable bonds is 3. The molecule has 0 saturated heterocycles. The van der Waals surface area contributed by atoms with Crippen molar-refractivity contribution in [3.8, 4) is 0 Å². The highest BCUT2D eigenvalue weighted by Crippen LogP contribution is 2.35. The molecule has 0 aliphatic carbocycles. The van der Waals surface area contributed by atoms with Crippen molar-refractivity contribution in [3.05, 3.63) is 68.8 Å². The largest absolute Gasteiger partial charge is 0.350 e. The smallest absolute Gasteiger partial charge is 0.283 e. The molecule has 0 aromatic heterocycles. The zero-order valence-corrected chi connectivity index (χ0v) is 14.7. The number of nitrogens with one attached hydrogen (secondary N) is 1. The molecular weight excluding hydrogens is 371 g/mol. The van der Waals surface area contributed by atoms with E-state index in [0.29, 0.717) is 10.7 Å². The van der Waals surface area contributed by atoms with Crippen molar-refractivity contribution in [1.29, 1.82) is 0 Å². The molecule has 4 nitrogen and oxygen atoms in total. The number of carbonyl (C=O) groups is 2. The summed E-state index contributed by atoms with van der Waals surface area (Å²) in [6, 6.07) is 11.8. The van der Waals surface area contributed by atoms with Crippen LogP contribution in [-0.4, -0.2) is 11.8 Å². The van der Waals surface area contributed by atoms with E-state index in [0.717, 1.165) is 10.5 Å². The van der Waals surface area contributed by atoms with Gasteiger partial charge in [0.1, 0.15) is 10.7 Å². The van der Waals surface area contributed by atoms with E-state index in [1.165, 1.54) is 12.1 Å². The number of carbonyl (C=O) groups excluding carboxylic acids is 2. The summed E-state index contributed by atoms with van der Waals surface area (Å²) in [7, 11) is 0. The molecular formula is C17H11Cl3N2O2. The highest BCUT2D eigenvalue weighted by molar-refractivity contribution is 6.53. The predicted octanol–water partition coefficient (Wildman–Crippen LogP) is 4.74. The number of amides is 2. The Hall–Kier alpha value is -2.01. The van der Waals surface area contributed by atoms with E-state index >= 15 is 0 Å². The molecule has 3 rings (SSSR count). The lowest BCUT2D eigenvalue weighted by Gasteiger charge is -2.16. The Labute approximate surface area is 153 Å². The zero-order chi connectivity index (χ0) is 17.4. The van der Waals surface area contributed by atoms with Crippen molar-refractivity contribution in [2.45, 2.75) is 6.92 Å². The summed E-state index contributed by atoms with van der Waals surface area (Å²) in [4.78, 5) is 26.0. The molecule has 0 radical (unpaired) electrons. The summed E-state index contributed by atoms with van der Waals surface area (Å²) < 4.78 is 0. The first kappa shape index (κ1) is 16.8. The number of benzene rings is 2. The monoisotopic (exact) mass is 380 g/mol. The average molecular weight is 382 g/mol. The number of hydrogen-bond acceptors (Lipinski definition) is 3. The molecule has 0 saturated carbocycles. The molecule has 2 amide bonds. The lowest BCUT2D eigenvalue weighted by atomic mass is 10.2. The number of halogens is 3. The van der Waals surface area contributed by atoms with Gasteiger partial charge in [0.2, 0.25) is 0 Å². The third kappa shape index (κ3) is 3.00. The normalized spacial score (nSPS) is 14.6. The average Bonchev–Trinajstić information content (AvgIpc) is 2.74. The van der Waals surface area contributed by atoms with Crippen LogP contribution in [0.15, 0.2) is 53.2 Å². The Bertz CT molecular complexity index is 876. The van der Waals surface area contributed by atoms with Crippen molar-refractivity contribution in [2.75, 3.05) is 10.2 Å². The number of anilines is 2. The van der Waals surface area contributed by atoms with Crippen LogP contribution in [0.25, 0.3) is 0 Å². The molecule has 24 heavy (non-hydrogen) atoms. The molecule has 122 valence electrons. The molecule has 7 heteroatoms. The highest BCUT2D eigenvalue weighted by atomic mass is 35.5. The predicted molar refractivity (Wildman–Crippen MR) is 96.6 cm³/mol. The molecule has 2 aromatic rings. The molecule has 2 aromatic carbocycles. The van der Waals surface area contributed by atoms with Crippen LogP contribution in [0.5, 0.6) is 0 Å². The summed E-state index contributed by atoms with van der Waals surface area (Å²) in [5.74, 6) is -1.21. The minimum Gasteiger partial charge on any atom is -0.350 e. The topological polar surface area (TPSA) is 49.4 Å². The fourth-order valence-corrected chi connectivity index (χ4v) is 2.98. The van der Waals surface area contributed by atoms with Crippen molar-refractivity contribution in [2.24, 2.45) is 0 Å². The maximum absolute atomic E-state index is 12.6. The lowest BCUT2D eigenvalue weighted by Crippen LogP contribution is -2.32. The standard InChI is InChI=1S/C17H11Cl3N2O2/c1-9-2-5-11(6-3-9)21-15-14(20)16(23)22(17(15)24)13-7-4-10(18)8-12(13)19/h2-8,21H,1H3. The van der Waals surface area contributed by atoms with Crippen LogP contribution in [0, 0.1) is 6.92 Å². The van der Waals surface area contributed by atoms with Crippen LogP contribution >= 0.6 is 34.8 Å². The maximum Gasteiger partial charge on any atom is 0.283 e. The van der Waals surface area contributed by atoms with Gasteiger partial charge < -0.3 is 5.32 Å². The Morgan fingerprint density at radius 3 is 2.21 bits per heavy atom. The van der Waals surface area contributed by atoms with Gasteiger partial charge in [-0.2, -0.15) is 0 Å². The van der Waals surface area contributed by atoms with Gasteiger partial charge in [0, 0.05) is 10.7 Å². The van der Waals surface area contributed by atoms with E-state index in [1.54, 1.807) is 18.2 Å². The van der Waals surface area contributed by atoms with Crippen LogP contribution < -0.4 is 10.2 Å². The minimum atomic E-state index is -0.638. The van der Waals surface area contributed by atoms with Crippen molar-refractivity contribution in [3.63, 3.8) is 0 Å². The van der Waals surface area contributed by atoms with Gasteiger partial charge in [0.15, 0.2) is 0 Å². The summed E-state index contributed by atoms with van der Waals surface area (Å²) in [6.07, 6.45) is 0. The van der Waals surface area contributed by atoms with Crippen LogP contribution in [0.3, 0.4) is 0 Å². The molecule has 0 fully saturated rings. The van der Waals surface area contributed by atoms with Gasteiger partial charge in [-0.25, -0.2) is 4.90 Å². The Balaban J connectivity index is 1.94. The van der Waals surface area contributed by atoms with Gasteiger partial charge >= 0.3 is 0 Å². The Morgan fingerprint density at radius 2 is 1.58 bits per heavy atom. The van der Waals surface area contributed by atoms with Crippen LogP contribution in [-0.2, 0) is 9.59 Å². The second-order valence-electron chi connectivity index (χ2n) is 5.22. The van der Waals surface area contributed by atoms with E-state index in [2.05, 4.69) is 5.32 Å². The molecule has 0 bridgehead atoms. The molecule has 0 spiro atoms. The van der Waals surface area contributed by atoms with Crippen molar-refractivity contribution >= 4 is 58.0 Å². The third-order valence-electron chi connectivity index (χ3n) is 3.50. The van der Waals surface area contributed by atoms with Gasteiger partial charge in [0.05, 0.1) is 10.7 Å². The van der Waals surface area contributed by atoms with Crippen LogP contribution in [0.2, 0.25) is 10.0 Å².